The molecule has 0 spiro atoms. The van der Waals surface area contributed by atoms with Crippen LogP contribution in [0, 0.1) is 0 Å². The molecule has 4 heterocycles. The van der Waals surface area contributed by atoms with E-state index in [9.17, 15) is 0 Å². The summed E-state index contributed by atoms with van der Waals surface area (Å²) in [4.78, 5) is 10.6. The van der Waals surface area contributed by atoms with E-state index in [0.29, 0.717) is 0 Å². The fraction of sp³-hybridized carbons (Fsp3) is 0.0476. The molecule has 1 atom stereocenters. The first kappa shape index (κ1) is 26.8. The summed E-state index contributed by atoms with van der Waals surface area (Å²) in [7, 11) is 0. The Hall–Kier alpha value is -6.40. The van der Waals surface area contributed by atoms with Crippen LogP contribution in [0.4, 0.5) is 5.88 Å². The molecule has 6 heteroatoms. The lowest BCUT2D eigenvalue weighted by molar-refractivity contribution is 0.628. The standard InChI is InChI=1S/C42H28N4O2/c1-2-11-25(12-3-1)39-44-40(46-41(45-39)31-17-9-20-35-38(31)30-15-6-7-19-34(30)47-35)27-23-26-13-4-5-14-28(26)33(24-27)29-16-8-21-36-37(29)32-18-10-22-43-42(32)48-36/h1-21,23-24,40,43H,22H2,(H,44,45,46). The first-order valence-electron chi connectivity index (χ1n) is 16.2. The number of nitrogens with zero attached hydrogens (tertiary/aromatic N) is 2. The van der Waals surface area contributed by atoms with Crippen molar-refractivity contribution in [1.29, 1.82) is 0 Å². The zero-order valence-electron chi connectivity index (χ0n) is 25.8. The molecule has 2 aliphatic rings. The fourth-order valence-electron chi connectivity index (χ4n) is 7.17. The molecular weight excluding hydrogens is 592 g/mol. The molecule has 0 fully saturated rings. The van der Waals surface area contributed by atoms with Gasteiger partial charge in [-0.25, -0.2) is 9.98 Å². The van der Waals surface area contributed by atoms with Crippen LogP contribution >= 0.6 is 0 Å². The molecule has 2 aliphatic heterocycles. The van der Waals surface area contributed by atoms with E-state index in [4.69, 9.17) is 18.8 Å². The van der Waals surface area contributed by atoms with E-state index in [0.717, 1.165) is 101 Å². The van der Waals surface area contributed by atoms with E-state index >= 15 is 0 Å². The zero-order chi connectivity index (χ0) is 31.6. The summed E-state index contributed by atoms with van der Waals surface area (Å²) in [5, 5.41) is 12.5. The summed E-state index contributed by atoms with van der Waals surface area (Å²) in [6.45, 7) is 0.751. The Morgan fingerprint density at radius 2 is 1.31 bits per heavy atom. The van der Waals surface area contributed by atoms with Gasteiger partial charge in [0.05, 0.1) is 0 Å². The van der Waals surface area contributed by atoms with Crippen LogP contribution in [-0.4, -0.2) is 18.2 Å². The van der Waals surface area contributed by atoms with Gasteiger partial charge in [-0.05, 0) is 57.8 Å². The van der Waals surface area contributed by atoms with Crippen LogP contribution < -0.4 is 10.6 Å². The molecule has 0 amide bonds. The number of amidine groups is 2. The Kier molecular flexibility index (Phi) is 5.90. The predicted octanol–water partition coefficient (Wildman–Crippen LogP) is 10.1. The van der Waals surface area contributed by atoms with Crippen LogP contribution in [0.25, 0.3) is 60.9 Å². The van der Waals surface area contributed by atoms with E-state index in [2.05, 4.69) is 95.6 Å². The fourth-order valence-corrected chi connectivity index (χ4v) is 7.17. The molecule has 6 nitrogen and oxygen atoms in total. The third kappa shape index (κ3) is 4.19. The maximum Gasteiger partial charge on any atom is 0.201 e. The molecule has 2 aromatic heterocycles. The Bertz CT molecular complexity index is 2660. The van der Waals surface area contributed by atoms with E-state index in [1.54, 1.807) is 0 Å². The van der Waals surface area contributed by atoms with Gasteiger partial charge in [0, 0.05) is 39.4 Å². The van der Waals surface area contributed by atoms with Gasteiger partial charge < -0.3 is 19.5 Å². The summed E-state index contributed by atoms with van der Waals surface area (Å²) in [6, 6.07) is 43.9. The largest absolute Gasteiger partial charge is 0.456 e. The quantitative estimate of drug-likeness (QED) is 0.205. The second-order valence-electron chi connectivity index (χ2n) is 12.2. The van der Waals surface area contributed by atoms with Crippen molar-refractivity contribution in [2.24, 2.45) is 9.98 Å². The van der Waals surface area contributed by atoms with Crippen molar-refractivity contribution in [3.63, 3.8) is 0 Å². The highest BCUT2D eigenvalue weighted by atomic mass is 16.4. The highest BCUT2D eigenvalue weighted by Crippen LogP contribution is 2.43. The monoisotopic (exact) mass is 620 g/mol. The SMILES string of the molecule is C1=Cc2c(oc3cccc(-c4cc(C5N=C(c6ccccc6)NC(c6cccc7oc8ccccc8c67)=N5)cc5ccccc45)c23)NC1. The van der Waals surface area contributed by atoms with Crippen LogP contribution in [0.1, 0.15) is 28.4 Å². The lowest BCUT2D eigenvalue weighted by atomic mass is 9.91. The molecule has 0 radical (unpaired) electrons. The number of aliphatic imine (C=N–C) groups is 2. The highest BCUT2D eigenvalue weighted by Gasteiger charge is 2.25. The van der Waals surface area contributed by atoms with Crippen LogP contribution in [0.2, 0.25) is 0 Å². The van der Waals surface area contributed by atoms with E-state index in [-0.39, 0.29) is 0 Å². The minimum Gasteiger partial charge on any atom is -0.456 e. The minimum absolute atomic E-state index is 0.493. The van der Waals surface area contributed by atoms with Gasteiger partial charge in [0.1, 0.15) is 28.4 Å². The van der Waals surface area contributed by atoms with Gasteiger partial charge in [0.2, 0.25) is 5.88 Å². The number of furan rings is 2. The molecule has 8 aromatic rings. The number of rotatable bonds is 4. The molecule has 6 aromatic carbocycles. The van der Waals surface area contributed by atoms with Crippen molar-refractivity contribution in [2.75, 3.05) is 11.9 Å². The van der Waals surface area contributed by atoms with Gasteiger partial charge in [-0.15, -0.1) is 0 Å². The zero-order valence-corrected chi connectivity index (χ0v) is 25.8. The second kappa shape index (κ2) is 10.6. The van der Waals surface area contributed by atoms with E-state index in [1.807, 2.05) is 54.6 Å². The third-order valence-corrected chi connectivity index (χ3v) is 9.33. The first-order chi connectivity index (χ1) is 23.8. The Morgan fingerprint density at radius 3 is 2.21 bits per heavy atom. The lowest BCUT2D eigenvalue weighted by Crippen LogP contribution is -2.36. The number of fused-ring (bicyclic) bond motifs is 7. The van der Waals surface area contributed by atoms with Gasteiger partial charge in [-0.3, -0.25) is 0 Å². The Morgan fingerprint density at radius 1 is 0.583 bits per heavy atom. The number of hydrogen-bond donors (Lipinski definition) is 2. The normalized spacial score (nSPS) is 15.7. The van der Waals surface area contributed by atoms with E-state index in [1.165, 1.54) is 0 Å². The van der Waals surface area contributed by atoms with Crippen LogP contribution in [-0.2, 0) is 0 Å². The third-order valence-electron chi connectivity index (χ3n) is 9.33. The highest BCUT2D eigenvalue weighted by molar-refractivity contribution is 6.23. The van der Waals surface area contributed by atoms with Gasteiger partial charge in [0.15, 0.2) is 6.17 Å². The maximum absolute atomic E-state index is 6.27. The van der Waals surface area contributed by atoms with Gasteiger partial charge in [0.25, 0.3) is 0 Å². The number of para-hydroxylation sites is 1. The minimum atomic E-state index is -0.493. The lowest BCUT2D eigenvalue weighted by Gasteiger charge is -2.23. The van der Waals surface area contributed by atoms with Gasteiger partial charge in [-0.2, -0.15) is 0 Å². The summed E-state index contributed by atoms with van der Waals surface area (Å²) in [5.74, 6) is 2.33. The average Bonchev–Trinajstić information content (AvgIpc) is 3.73. The second-order valence-corrected chi connectivity index (χ2v) is 12.2. The summed E-state index contributed by atoms with van der Waals surface area (Å²) in [5.41, 5.74) is 8.82. The summed E-state index contributed by atoms with van der Waals surface area (Å²) < 4.78 is 12.5. The first-order valence-corrected chi connectivity index (χ1v) is 16.2. The average molecular weight is 621 g/mol. The van der Waals surface area contributed by atoms with Gasteiger partial charge in [-0.1, -0.05) is 109 Å². The molecule has 10 rings (SSSR count). The smallest absolute Gasteiger partial charge is 0.201 e. The van der Waals surface area contributed by atoms with Crippen LogP contribution in [0.3, 0.4) is 0 Å². The van der Waals surface area contributed by atoms with E-state index < -0.39 is 6.17 Å². The Balaban J connectivity index is 1.21. The van der Waals surface area contributed by atoms with Crippen molar-refractivity contribution < 1.29 is 8.83 Å². The van der Waals surface area contributed by atoms with Crippen molar-refractivity contribution >= 4 is 67.3 Å². The number of benzene rings is 6. The predicted molar refractivity (Wildman–Crippen MR) is 196 cm³/mol. The van der Waals surface area contributed by atoms with Crippen molar-refractivity contribution in [3.8, 4) is 11.1 Å². The number of anilines is 1. The molecule has 228 valence electrons. The molecule has 0 saturated heterocycles. The maximum atomic E-state index is 6.27. The summed E-state index contributed by atoms with van der Waals surface area (Å²) >= 11 is 0. The molecule has 0 aliphatic carbocycles. The van der Waals surface area contributed by atoms with Gasteiger partial charge >= 0.3 is 0 Å². The molecule has 0 bridgehead atoms. The Labute approximate surface area is 275 Å². The van der Waals surface area contributed by atoms with Crippen molar-refractivity contribution in [2.45, 2.75) is 6.17 Å². The molecule has 1 unspecified atom stereocenters. The number of hydrogen-bond acceptors (Lipinski definition) is 6. The molecular formula is C42H28N4O2. The van der Waals surface area contributed by atoms with Crippen molar-refractivity contribution in [3.05, 3.63) is 156 Å². The molecule has 48 heavy (non-hydrogen) atoms. The summed E-state index contributed by atoms with van der Waals surface area (Å²) in [6.07, 6.45) is 3.80. The van der Waals surface area contributed by atoms with Crippen LogP contribution in [0.5, 0.6) is 0 Å². The molecule has 2 N–H and O–H groups in total. The topological polar surface area (TPSA) is 75.1 Å². The van der Waals surface area contributed by atoms with Crippen molar-refractivity contribution in [1.82, 2.24) is 5.32 Å². The number of nitrogens with one attached hydrogen (secondary N) is 2. The van der Waals surface area contributed by atoms with Crippen LogP contribution in [0.15, 0.2) is 152 Å². The molecule has 0 saturated carbocycles.